The summed E-state index contributed by atoms with van der Waals surface area (Å²) >= 11 is 6.18. The highest BCUT2D eigenvalue weighted by molar-refractivity contribution is 6.30. The third-order valence-corrected chi connectivity index (χ3v) is 4.82. The Labute approximate surface area is 180 Å². The summed E-state index contributed by atoms with van der Waals surface area (Å²) in [6.07, 6.45) is 0. The summed E-state index contributed by atoms with van der Waals surface area (Å²) in [5, 5.41) is 7.84. The second kappa shape index (κ2) is 9.30. The van der Waals surface area contributed by atoms with Gasteiger partial charge in [-0.05, 0) is 55.7 Å². The van der Waals surface area contributed by atoms with Crippen molar-refractivity contribution in [1.29, 1.82) is 0 Å². The number of rotatable bonds is 7. The summed E-state index contributed by atoms with van der Waals surface area (Å²) in [6, 6.07) is 11.4. The maximum Gasteiger partial charge on any atom is 0.257 e. The molecule has 0 unspecified atom stereocenters. The first kappa shape index (κ1) is 21.8. The molecule has 3 rings (SSSR count). The number of nitrogens with zero attached hydrogens (tertiary/aromatic N) is 2. The first-order chi connectivity index (χ1) is 14.2. The molecule has 7 heteroatoms. The monoisotopic (exact) mass is 429 g/mol. The van der Waals surface area contributed by atoms with Crippen molar-refractivity contribution in [2.24, 2.45) is 5.92 Å². The molecule has 0 aliphatic carbocycles. The van der Waals surface area contributed by atoms with Gasteiger partial charge in [-0.3, -0.25) is 9.48 Å². The smallest absolute Gasteiger partial charge is 0.257 e. The van der Waals surface area contributed by atoms with E-state index >= 15 is 0 Å². The fourth-order valence-electron chi connectivity index (χ4n) is 2.98. The van der Waals surface area contributed by atoms with Gasteiger partial charge in [0.1, 0.15) is 11.6 Å². The van der Waals surface area contributed by atoms with Crippen LogP contribution in [0.3, 0.4) is 0 Å². The van der Waals surface area contributed by atoms with Crippen molar-refractivity contribution in [2.75, 3.05) is 11.9 Å². The Morgan fingerprint density at radius 1 is 1.20 bits per heavy atom. The van der Waals surface area contributed by atoms with Gasteiger partial charge in [-0.2, -0.15) is 5.10 Å². The fourth-order valence-corrected chi connectivity index (χ4v) is 3.18. The average molecular weight is 430 g/mol. The number of benzene rings is 2. The Balaban J connectivity index is 1.79. The van der Waals surface area contributed by atoms with E-state index in [1.165, 1.54) is 12.1 Å². The minimum Gasteiger partial charge on any atom is -0.493 e. The highest BCUT2D eigenvalue weighted by Gasteiger charge is 2.14. The van der Waals surface area contributed by atoms with Crippen molar-refractivity contribution >= 4 is 23.3 Å². The van der Waals surface area contributed by atoms with E-state index in [0.717, 1.165) is 17.0 Å². The zero-order chi connectivity index (χ0) is 21.8. The standard InChI is InChI=1S/C23H25ClFN3O2/c1-14(2)13-30-21-8-6-18(24)10-17(21)12-28-16(4)9-22(27-28)26-23(29)20-11-19(25)7-5-15(20)3/h5-11,14H,12-13H2,1-4H3,(H,26,27,29). The van der Waals surface area contributed by atoms with Gasteiger partial charge < -0.3 is 10.1 Å². The predicted octanol–water partition coefficient (Wildman–Crippen LogP) is 5.63. The molecule has 0 aliphatic rings. The normalized spacial score (nSPS) is 11.0. The highest BCUT2D eigenvalue weighted by Crippen LogP contribution is 2.25. The summed E-state index contributed by atoms with van der Waals surface area (Å²) in [6.45, 7) is 8.87. The van der Waals surface area contributed by atoms with E-state index < -0.39 is 11.7 Å². The van der Waals surface area contributed by atoms with Crippen LogP contribution in [0.4, 0.5) is 10.2 Å². The molecule has 30 heavy (non-hydrogen) atoms. The molecule has 0 bridgehead atoms. The Bertz CT molecular complexity index is 1060. The molecule has 3 aromatic rings. The number of halogens is 2. The molecule has 5 nitrogen and oxygen atoms in total. The van der Waals surface area contributed by atoms with Crippen LogP contribution >= 0.6 is 11.6 Å². The molecule has 1 heterocycles. The predicted molar refractivity (Wildman–Crippen MR) is 117 cm³/mol. The van der Waals surface area contributed by atoms with Crippen LogP contribution < -0.4 is 10.1 Å². The highest BCUT2D eigenvalue weighted by atomic mass is 35.5. The Hall–Kier alpha value is -2.86. The number of hydrogen-bond acceptors (Lipinski definition) is 3. The molecule has 0 saturated carbocycles. The molecule has 158 valence electrons. The van der Waals surface area contributed by atoms with Gasteiger partial charge in [0.05, 0.1) is 13.2 Å². The topological polar surface area (TPSA) is 56.2 Å². The van der Waals surface area contributed by atoms with Gasteiger partial charge in [0.2, 0.25) is 0 Å². The zero-order valence-electron chi connectivity index (χ0n) is 17.5. The Kier molecular flexibility index (Phi) is 6.77. The van der Waals surface area contributed by atoms with Crippen LogP contribution in [0.5, 0.6) is 5.75 Å². The Morgan fingerprint density at radius 3 is 2.70 bits per heavy atom. The minimum absolute atomic E-state index is 0.279. The van der Waals surface area contributed by atoms with Crippen LogP contribution in [0, 0.1) is 25.6 Å². The number of nitrogens with one attached hydrogen (secondary N) is 1. The number of aryl methyl sites for hydroxylation is 2. The van der Waals surface area contributed by atoms with E-state index in [1.54, 1.807) is 29.8 Å². The maximum absolute atomic E-state index is 13.5. The van der Waals surface area contributed by atoms with Gasteiger partial charge in [-0.25, -0.2) is 4.39 Å². The third-order valence-electron chi connectivity index (χ3n) is 4.58. The molecular formula is C23H25ClFN3O2. The van der Waals surface area contributed by atoms with Gasteiger partial charge >= 0.3 is 0 Å². The molecule has 1 amide bonds. The van der Waals surface area contributed by atoms with Gasteiger partial charge in [0, 0.05) is 27.9 Å². The summed E-state index contributed by atoms with van der Waals surface area (Å²) in [4.78, 5) is 12.5. The zero-order valence-corrected chi connectivity index (χ0v) is 18.3. The fraction of sp³-hybridized carbons (Fsp3) is 0.304. The van der Waals surface area contributed by atoms with E-state index in [-0.39, 0.29) is 5.56 Å². The summed E-state index contributed by atoms with van der Waals surface area (Å²) in [5.74, 6) is 0.688. The summed E-state index contributed by atoms with van der Waals surface area (Å²) < 4.78 is 21.2. The molecule has 1 N–H and O–H groups in total. The quantitative estimate of drug-likeness (QED) is 0.529. The number of aromatic nitrogens is 2. The number of amides is 1. The van der Waals surface area contributed by atoms with Crippen LogP contribution in [-0.2, 0) is 6.54 Å². The van der Waals surface area contributed by atoms with Crippen molar-refractivity contribution < 1.29 is 13.9 Å². The number of ether oxygens (including phenoxy) is 1. The summed E-state index contributed by atoms with van der Waals surface area (Å²) in [5.41, 5.74) is 2.72. The van der Waals surface area contributed by atoms with E-state index in [9.17, 15) is 9.18 Å². The number of carbonyl (C=O) groups excluding carboxylic acids is 1. The van der Waals surface area contributed by atoms with Crippen molar-refractivity contribution in [1.82, 2.24) is 9.78 Å². The molecule has 0 spiro atoms. The SMILES string of the molecule is Cc1ccc(F)cc1C(=O)Nc1cc(C)n(Cc2cc(Cl)ccc2OCC(C)C)n1. The maximum atomic E-state index is 13.5. The van der Waals surface area contributed by atoms with Gasteiger partial charge in [-0.1, -0.05) is 31.5 Å². The van der Waals surface area contributed by atoms with Crippen LogP contribution in [0.2, 0.25) is 5.02 Å². The van der Waals surface area contributed by atoms with Crippen molar-refractivity contribution in [2.45, 2.75) is 34.2 Å². The molecule has 0 atom stereocenters. The first-order valence-electron chi connectivity index (χ1n) is 9.76. The van der Waals surface area contributed by atoms with E-state index in [0.29, 0.717) is 35.5 Å². The van der Waals surface area contributed by atoms with Crippen molar-refractivity contribution in [3.8, 4) is 5.75 Å². The van der Waals surface area contributed by atoms with Gasteiger partial charge in [-0.15, -0.1) is 0 Å². The lowest BCUT2D eigenvalue weighted by Crippen LogP contribution is -2.14. The molecule has 1 aromatic heterocycles. The average Bonchev–Trinajstić information content (AvgIpc) is 3.01. The largest absolute Gasteiger partial charge is 0.493 e. The molecule has 0 radical (unpaired) electrons. The van der Waals surface area contributed by atoms with Crippen molar-refractivity contribution in [3.05, 3.63) is 75.7 Å². The lowest BCUT2D eigenvalue weighted by atomic mass is 10.1. The number of anilines is 1. The second-order valence-electron chi connectivity index (χ2n) is 7.70. The number of hydrogen-bond donors (Lipinski definition) is 1. The van der Waals surface area contributed by atoms with E-state index in [1.807, 2.05) is 19.1 Å². The molecule has 0 aliphatic heterocycles. The van der Waals surface area contributed by atoms with Crippen LogP contribution in [0.25, 0.3) is 0 Å². The minimum atomic E-state index is -0.456. The summed E-state index contributed by atoms with van der Waals surface area (Å²) in [7, 11) is 0. The molecular weight excluding hydrogens is 405 g/mol. The van der Waals surface area contributed by atoms with Gasteiger partial charge in [0.15, 0.2) is 5.82 Å². The first-order valence-corrected chi connectivity index (χ1v) is 10.1. The van der Waals surface area contributed by atoms with Gasteiger partial charge in [0.25, 0.3) is 5.91 Å². The lowest BCUT2D eigenvalue weighted by molar-refractivity contribution is 0.102. The van der Waals surface area contributed by atoms with E-state index in [4.69, 9.17) is 16.3 Å². The lowest BCUT2D eigenvalue weighted by Gasteiger charge is -2.14. The Morgan fingerprint density at radius 2 is 1.97 bits per heavy atom. The van der Waals surface area contributed by atoms with Crippen molar-refractivity contribution in [3.63, 3.8) is 0 Å². The van der Waals surface area contributed by atoms with Crippen LogP contribution in [-0.4, -0.2) is 22.3 Å². The number of carbonyl (C=O) groups is 1. The van der Waals surface area contributed by atoms with Crippen LogP contribution in [0.1, 0.15) is 41.0 Å². The van der Waals surface area contributed by atoms with Crippen LogP contribution in [0.15, 0.2) is 42.5 Å². The molecule has 0 saturated heterocycles. The molecule has 0 fully saturated rings. The third kappa shape index (κ3) is 5.39. The second-order valence-corrected chi connectivity index (χ2v) is 8.14. The molecule has 2 aromatic carbocycles. The van der Waals surface area contributed by atoms with E-state index in [2.05, 4.69) is 24.3 Å².